The van der Waals surface area contributed by atoms with E-state index in [1.807, 2.05) is 24.6 Å². The predicted molar refractivity (Wildman–Crippen MR) is 67.6 cm³/mol. The lowest BCUT2D eigenvalue weighted by molar-refractivity contribution is 0.628. The summed E-state index contributed by atoms with van der Waals surface area (Å²) in [6, 6.07) is 6.56. The molecule has 2 aromatic heterocycles. The van der Waals surface area contributed by atoms with Gasteiger partial charge in [0.05, 0.1) is 11.0 Å². The van der Waals surface area contributed by atoms with Gasteiger partial charge in [-0.15, -0.1) is 0 Å². The fourth-order valence-electron chi connectivity index (χ4n) is 2.20. The van der Waals surface area contributed by atoms with Gasteiger partial charge in [0.1, 0.15) is 11.5 Å². The van der Waals surface area contributed by atoms with Crippen molar-refractivity contribution in [1.82, 2.24) is 19.3 Å². The Morgan fingerprint density at radius 3 is 2.78 bits per heavy atom. The van der Waals surface area contributed by atoms with Gasteiger partial charge in [0.25, 0.3) is 0 Å². The Hall–Kier alpha value is -2.17. The molecule has 0 atom stereocenters. The van der Waals surface area contributed by atoms with Crippen molar-refractivity contribution >= 4 is 11.0 Å². The zero-order valence-electron chi connectivity index (χ0n) is 10.3. The molecule has 92 valence electrons. The van der Waals surface area contributed by atoms with Crippen LogP contribution in [0.4, 0.5) is 4.39 Å². The standard InChI is InChI=1S/C13H13FN4/c1-3-18-12-8-9(14)4-5-10(12)16-13(18)11-6-7-15-17(11)2/h4-8H,3H2,1-2H3. The Morgan fingerprint density at radius 2 is 2.11 bits per heavy atom. The molecule has 2 heterocycles. The summed E-state index contributed by atoms with van der Waals surface area (Å²) in [5.41, 5.74) is 2.54. The fraction of sp³-hybridized carbons (Fsp3) is 0.231. The normalized spacial score (nSPS) is 11.3. The molecule has 0 N–H and O–H groups in total. The molecule has 0 spiro atoms. The number of halogens is 1. The number of aromatic nitrogens is 4. The maximum Gasteiger partial charge on any atom is 0.159 e. The van der Waals surface area contributed by atoms with Gasteiger partial charge in [-0.05, 0) is 31.2 Å². The maximum atomic E-state index is 13.3. The first-order chi connectivity index (χ1) is 8.70. The van der Waals surface area contributed by atoms with Crippen LogP contribution in [0.2, 0.25) is 0 Å². The molecule has 0 saturated heterocycles. The number of nitrogens with zero attached hydrogens (tertiary/aromatic N) is 4. The first-order valence-electron chi connectivity index (χ1n) is 5.85. The van der Waals surface area contributed by atoms with Gasteiger partial charge in [0.2, 0.25) is 0 Å². The Morgan fingerprint density at radius 1 is 1.28 bits per heavy atom. The van der Waals surface area contributed by atoms with E-state index in [1.165, 1.54) is 12.1 Å². The molecular formula is C13H13FN4. The third-order valence-corrected chi connectivity index (χ3v) is 3.08. The highest BCUT2D eigenvalue weighted by Crippen LogP contribution is 2.24. The second-order valence-corrected chi connectivity index (χ2v) is 4.15. The molecule has 18 heavy (non-hydrogen) atoms. The minimum atomic E-state index is -0.242. The number of hydrogen-bond donors (Lipinski definition) is 0. The lowest BCUT2D eigenvalue weighted by Crippen LogP contribution is -2.02. The van der Waals surface area contributed by atoms with Gasteiger partial charge in [-0.1, -0.05) is 0 Å². The summed E-state index contributed by atoms with van der Waals surface area (Å²) in [6.45, 7) is 2.76. The highest BCUT2D eigenvalue weighted by Gasteiger charge is 2.14. The van der Waals surface area contributed by atoms with Crippen molar-refractivity contribution in [3.8, 4) is 11.5 Å². The van der Waals surface area contributed by atoms with Gasteiger partial charge in [-0.25, -0.2) is 9.37 Å². The zero-order valence-corrected chi connectivity index (χ0v) is 10.3. The fourth-order valence-corrected chi connectivity index (χ4v) is 2.20. The Balaban J connectivity index is 2.33. The van der Waals surface area contributed by atoms with E-state index in [0.717, 1.165) is 29.1 Å². The van der Waals surface area contributed by atoms with Crippen LogP contribution in [0, 0.1) is 5.82 Å². The summed E-state index contributed by atoms with van der Waals surface area (Å²) in [6.07, 6.45) is 1.73. The SMILES string of the molecule is CCn1c(-c2ccnn2C)nc2ccc(F)cc21. The predicted octanol–water partition coefficient (Wildman–Crippen LogP) is 2.60. The lowest BCUT2D eigenvalue weighted by Gasteiger charge is -2.05. The molecule has 0 unspecified atom stereocenters. The Labute approximate surface area is 104 Å². The molecule has 0 fully saturated rings. The van der Waals surface area contributed by atoms with Crippen molar-refractivity contribution in [2.75, 3.05) is 0 Å². The van der Waals surface area contributed by atoms with Crippen LogP contribution in [0.1, 0.15) is 6.92 Å². The van der Waals surface area contributed by atoms with Crippen LogP contribution in [-0.2, 0) is 13.6 Å². The topological polar surface area (TPSA) is 35.6 Å². The van der Waals surface area contributed by atoms with Gasteiger partial charge in [-0.2, -0.15) is 5.10 Å². The smallest absolute Gasteiger partial charge is 0.159 e. The summed E-state index contributed by atoms with van der Waals surface area (Å²) in [5, 5.41) is 4.15. The van der Waals surface area contributed by atoms with E-state index in [4.69, 9.17) is 0 Å². The summed E-state index contributed by atoms with van der Waals surface area (Å²) in [4.78, 5) is 4.56. The molecule has 0 saturated carbocycles. The average Bonchev–Trinajstić information content (AvgIpc) is 2.91. The first-order valence-corrected chi connectivity index (χ1v) is 5.85. The van der Waals surface area contributed by atoms with Gasteiger partial charge in [0, 0.05) is 19.8 Å². The van der Waals surface area contributed by atoms with Crippen LogP contribution < -0.4 is 0 Å². The van der Waals surface area contributed by atoms with Crippen molar-refractivity contribution in [2.45, 2.75) is 13.5 Å². The van der Waals surface area contributed by atoms with Crippen molar-refractivity contribution in [3.63, 3.8) is 0 Å². The molecule has 3 rings (SSSR count). The summed E-state index contributed by atoms with van der Waals surface area (Å²) in [7, 11) is 1.87. The van der Waals surface area contributed by atoms with Crippen LogP contribution in [0.5, 0.6) is 0 Å². The summed E-state index contributed by atoms with van der Waals surface area (Å²) >= 11 is 0. The Kier molecular flexibility index (Phi) is 2.40. The van der Waals surface area contributed by atoms with Crippen LogP contribution >= 0.6 is 0 Å². The number of benzene rings is 1. The van der Waals surface area contributed by atoms with E-state index < -0.39 is 0 Å². The van der Waals surface area contributed by atoms with Crippen LogP contribution in [0.25, 0.3) is 22.6 Å². The number of rotatable bonds is 2. The average molecular weight is 244 g/mol. The van der Waals surface area contributed by atoms with Crippen LogP contribution in [-0.4, -0.2) is 19.3 Å². The largest absolute Gasteiger partial charge is 0.323 e. The van der Waals surface area contributed by atoms with Crippen molar-refractivity contribution < 1.29 is 4.39 Å². The Bertz CT molecular complexity index is 711. The molecule has 0 aliphatic rings. The third-order valence-electron chi connectivity index (χ3n) is 3.08. The van der Waals surface area contributed by atoms with Gasteiger partial charge >= 0.3 is 0 Å². The van der Waals surface area contributed by atoms with Crippen molar-refractivity contribution in [2.24, 2.45) is 7.05 Å². The molecule has 0 aliphatic heterocycles. The summed E-state index contributed by atoms with van der Waals surface area (Å²) < 4.78 is 17.1. The molecule has 0 bridgehead atoms. The minimum Gasteiger partial charge on any atom is -0.323 e. The van der Waals surface area contributed by atoms with Crippen LogP contribution in [0.15, 0.2) is 30.5 Å². The molecule has 0 aliphatic carbocycles. The molecule has 0 amide bonds. The molecular weight excluding hydrogens is 231 g/mol. The first kappa shape index (κ1) is 11.0. The lowest BCUT2D eigenvalue weighted by atomic mass is 10.3. The zero-order chi connectivity index (χ0) is 12.7. The number of fused-ring (bicyclic) bond motifs is 1. The van der Waals surface area contributed by atoms with Gasteiger partial charge in [-0.3, -0.25) is 4.68 Å². The van der Waals surface area contributed by atoms with E-state index in [-0.39, 0.29) is 5.82 Å². The molecule has 5 heteroatoms. The molecule has 3 aromatic rings. The van der Waals surface area contributed by atoms with Crippen molar-refractivity contribution in [1.29, 1.82) is 0 Å². The monoisotopic (exact) mass is 244 g/mol. The number of hydrogen-bond acceptors (Lipinski definition) is 2. The number of aryl methyl sites for hydroxylation is 2. The highest BCUT2D eigenvalue weighted by molar-refractivity contribution is 5.80. The van der Waals surface area contributed by atoms with Gasteiger partial charge < -0.3 is 4.57 Å². The maximum absolute atomic E-state index is 13.3. The van der Waals surface area contributed by atoms with E-state index in [2.05, 4.69) is 10.1 Å². The minimum absolute atomic E-state index is 0.242. The van der Waals surface area contributed by atoms with Crippen LogP contribution in [0.3, 0.4) is 0 Å². The van der Waals surface area contributed by atoms with Gasteiger partial charge in [0.15, 0.2) is 5.82 Å². The molecule has 1 aromatic carbocycles. The molecule has 4 nitrogen and oxygen atoms in total. The second-order valence-electron chi connectivity index (χ2n) is 4.15. The van der Waals surface area contributed by atoms with E-state index in [9.17, 15) is 4.39 Å². The second kappa shape index (κ2) is 3.94. The third kappa shape index (κ3) is 1.51. The quantitative estimate of drug-likeness (QED) is 0.694. The van der Waals surface area contributed by atoms with Crippen molar-refractivity contribution in [3.05, 3.63) is 36.3 Å². The van der Waals surface area contributed by atoms with E-state index in [0.29, 0.717) is 0 Å². The van der Waals surface area contributed by atoms with E-state index in [1.54, 1.807) is 16.9 Å². The number of imidazole rings is 1. The molecule has 0 radical (unpaired) electrons. The van der Waals surface area contributed by atoms with E-state index >= 15 is 0 Å². The highest BCUT2D eigenvalue weighted by atomic mass is 19.1. The summed E-state index contributed by atoms with van der Waals surface area (Å²) in [5.74, 6) is 0.576.